The molecule has 23 heavy (non-hydrogen) atoms. The zero-order valence-corrected chi connectivity index (χ0v) is 13.7. The monoisotopic (exact) mass is 312 g/mol. The highest BCUT2D eigenvalue weighted by Gasteiger charge is 2.05. The van der Waals surface area contributed by atoms with Crippen molar-refractivity contribution in [3.05, 3.63) is 60.2 Å². The van der Waals surface area contributed by atoms with Crippen LogP contribution in [0.4, 0.5) is 5.69 Å². The molecule has 122 valence electrons. The van der Waals surface area contributed by atoms with Crippen LogP contribution in [0, 0.1) is 0 Å². The van der Waals surface area contributed by atoms with Crippen LogP contribution in [0.15, 0.2) is 54.6 Å². The number of ether oxygens (including phenoxy) is 1. The lowest BCUT2D eigenvalue weighted by Gasteiger charge is -2.13. The van der Waals surface area contributed by atoms with Crippen LogP contribution >= 0.6 is 0 Å². The van der Waals surface area contributed by atoms with E-state index in [1.165, 1.54) is 0 Å². The Balaban J connectivity index is 1.83. The molecular weight excluding hydrogens is 288 g/mol. The maximum atomic E-state index is 11.8. The first-order valence-electron chi connectivity index (χ1n) is 7.97. The van der Waals surface area contributed by atoms with E-state index in [9.17, 15) is 4.79 Å². The maximum Gasteiger partial charge on any atom is 0.239 e. The molecule has 0 saturated carbocycles. The predicted molar refractivity (Wildman–Crippen MR) is 93.6 cm³/mol. The lowest BCUT2D eigenvalue weighted by Crippen LogP contribution is -2.36. The summed E-state index contributed by atoms with van der Waals surface area (Å²) in [7, 11) is 0. The third-order valence-electron chi connectivity index (χ3n) is 3.56. The lowest BCUT2D eigenvalue weighted by atomic mass is 10.2. The molecule has 4 nitrogen and oxygen atoms in total. The average molecular weight is 312 g/mol. The Morgan fingerprint density at radius 2 is 1.91 bits per heavy atom. The number of benzene rings is 2. The van der Waals surface area contributed by atoms with E-state index in [4.69, 9.17) is 4.74 Å². The van der Waals surface area contributed by atoms with Crippen LogP contribution in [0.1, 0.15) is 25.8 Å². The second-order valence-electron chi connectivity index (χ2n) is 5.53. The van der Waals surface area contributed by atoms with Crippen molar-refractivity contribution in [2.24, 2.45) is 0 Å². The first-order valence-corrected chi connectivity index (χ1v) is 7.97. The first kappa shape index (κ1) is 16.9. The second-order valence-corrected chi connectivity index (χ2v) is 5.53. The molecule has 2 aromatic carbocycles. The van der Waals surface area contributed by atoms with Crippen molar-refractivity contribution in [1.29, 1.82) is 0 Å². The van der Waals surface area contributed by atoms with Gasteiger partial charge in [-0.25, -0.2) is 0 Å². The third-order valence-corrected chi connectivity index (χ3v) is 3.56. The van der Waals surface area contributed by atoms with Gasteiger partial charge in [0.15, 0.2) is 0 Å². The number of carbonyl (C=O) groups is 1. The van der Waals surface area contributed by atoms with Crippen LogP contribution in [0.25, 0.3) is 0 Å². The molecule has 0 aromatic heterocycles. The Labute approximate surface area is 137 Å². The third kappa shape index (κ3) is 6.02. The van der Waals surface area contributed by atoms with Gasteiger partial charge in [0.1, 0.15) is 12.4 Å². The highest BCUT2D eigenvalue weighted by molar-refractivity contribution is 5.81. The lowest BCUT2D eigenvalue weighted by molar-refractivity contribution is -0.120. The molecule has 0 bridgehead atoms. The van der Waals surface area contributed by atoms with Gasteiger partial charge in [-0.2, -0.15) is 0 Å². The largest absolute Gasteiger partial charge is 0.489 e. The highest BCUT2D eigenvalue weighted by atomic mass is 16.5. The van der Waals surface area contributed by atoms with E-state index < -0.39 is 0 Å². The van der Waals surface area contributed by atoms with E-state index in [2.05, 4.69) is 10.6 Å². The molecule has 1 amide bonds. The summed E-state index contributed by atoms with van der Waals surface area (Å²) in [6.45, 7) is 4.83. The topological polar surface area (TPSA) is 50.4 Å². The van der Waals surface area contributed by atoms with Gasteiger partial charge >= 0.3 is 0 Å². The van der Waals surface area contributed by atoms with E-state index in [0.717, 1.165) is 23.4 Å². The number of hydrogen-bond donors (Lipinski definition) is 2. The van der Waals surface area contributed by atoms with Crippen molar-refractivity contribution in [3.8, 4) is 5.75 Å². The van der Waals surface area contributed by atoms with Gasteiger partial charge in [-0.1, -0.05) is 43.3 Å². The van der Waals surface area contributed by atoms with Crippen LogP contribution < -0.4 is 15.4 Å². The zero-order chi connectivity index (χ0) is 16.5. The van der Waals surface area contributed by atoms with Gasteiger partial charge in [-0.3, -0.25) is 4.79 Å². The summed E-state index contributed by atoms with van der Waals surface area (Å²) in [5.41, 5.74) is 1.99. The van der Waals surface area contributed by atoms with Crippen molar-refractivity contribution in [2.45, 2.75) is 32.9 Å². The molecule has 0 radical (unpaired) electrons. The Bertz CT molecular complexity index is 614. The van der Waals surface area contributed by atoms with E-state index in [1.54, 1.807) is 0 Å². The summed E-state index contributed by atoms with van der Waals surface area (Å²) in [5.74, 6) is 0.774. The van der Waals surface area contributed by atoms with Crippen molar-refractivity contribution in [3.63, 3.8) is 0 Å². The summed E-state index contributed by atoms with van der Waals surface area (Å²) in [6, 6.07) is 17.9. The van der Waals surface area contributed by atoms with Crippen molar-refractivity contribution in [1.82, 2.24) is 5.32 Å². The van der Waals surface area contributed by atoms with Crippen LogP contribution in [-0.2, 0) is 11.4 Å². The van der Waals surface area contributed by atoms with Gasteiger partial charge in [-0.05, 0) is 31.0 Å². The van der Waals surface area contributed by atoms with Crippen molar-refractivity contribution in [2.75, 3.05) is 11.9 Å². The number of nitrogens with one attached hydrogen (secondary N) is 2. The number of hydrogen-bond acceptors (Lipinski definition) is 3. The molecule has 1 atom stereocenters. The molecule has 0 aliphatic carbocycles. The molecule has 2 rings (SSSR count). The summed E-state index contributed by atoms with van der Waals surface area (Å²) >= 11 is 0. The number of anilines is 1. The predicted octanol–water partition coefficient (Wildman–Crippen LogP) is 3.59. The molecule has 4 heteroatoms. The van der Waals surface area contributed by atoms with Gasteiger partial charge in [0, 0.05) is 17.8 Å². The molecule has 0 aliphatic heterocycles. The van der Waals surface area contributed by atoms with Gasteiger partial charge in [0.2, 0.25) is 5.91 Å². The van der Waals surface area contributed by atoms with Crippen molar-refractivity contribution < 1.29 is 9.53 Å². The fourth-order valence-corrected chi connectivity index (χ4v) is 2.05. The second kappa shape index (κ2) is 8.83. The number of amides is 1. The fourth-order valence-electron chi connectivity index (χ4n) is 2.05. The van der Waals surface area contributed by atoms with Gasteiger partial charge < -0.3 is 15.4 Å². The molecule has 0 aliphatic rings. The quantitative estimate of drug-likeness (QED) is 0.783. The Morgan fingerprint density at radius 1 is 1.13 bits per heavy atom. The average Bonchev–Trinajstić information content (AvgIpc) is 2.59. The minimum absolute atomic E-state index is 0.00467. The standard InChI is InChI=1S/C19H24N2O2/c1-3-15(2)21-19(22)13-20-17-10-7-11-18(12-17)23-14-16-8-5-4-6-9-16/h4-12,15,20H,3,13-14H2,1-2H3,(H,21,22). The van der Waals surface area contributed by atoms with Gasteiger partial charge in [0.25, 0.3) is 0 Å². The zero-order valence-electron chi connectivity index (χ0n) is 13.7. The van der Waals surface area contributed by atoms with E-state index in [-0.39, 0.29) is 18.5 Å². The van der Waals surface area contributed by atoms with Gasteiger partial charge in [0.05, 0.1) is 6.54 Å². The Kier molecular flexibility index (Phi) is 6.48. The summed E-state index contributed by atoms with van der Waals surface area (Å²) in [4.78, 5) is 11.8. The molecule has 0 saturated heterocycles. The molecule has 0 spiro atoms. The van der Waals surface area contributed by atoms with Crippen LogP contribution in [-0.4, -0.2) is 18.5 Å². The Morgan fingerprint density at radius 3 is 2.65 bits per heavy atom. The molecule has 1 unspecified atom stereocenters. The summed E-state index contributed by atoms with van der Waals surface area (Å²) in [5, 5.41) is 6.05. The van der Waals surface area contributed by atoms with Crippen LogP contribution in [0.5, 0.6) is 5.75 Å². The SMILES string of the molecule is CCC(C)NC(=O)CNc1cccc(OCc2ccccc2)c1. The molecule has 2 aromatic rings. The van der Waals surface area contributed by atoms with E-state index >= 15 is 0 Å². The number of rotatable bonds is 8. The van der Waals surface area contributed by atoms with E-state index in [1.807, 2.05) is 68.4 Å². The molecule has 0 heterocycles. The highest BCUT2D eigenvalue weighted by Crippen LogP contribution is 2.18. The minimum Gasteiger partial charge on any atom is -0.489 e. The first-order chi connectivity index (χ1) is 11.2. The fraction of sp³-hybridized carbons (Fsp3) is 0.316. The minimum atomic E-state index is -0.00467. The van der Waals surface area contributed by atoms with Crippen molar-refractivity contribution >= 4 is 11.6 Å². The van der Waals surface area contributed by atoms with Crippen LogP contribution in [0.3, 0.4) is 0 Å². The van der Waals surface area contributed by atoms with Crippen LogP contribution in [0.2, 0.25) is 0 Å². The number of carbonyl (C=O) groups excluding carboxylic acids is 1. The van der Waals surface area contributed by atoms with Gasteiger partial charge in [-0.15, -0.1) is 0 Å². The molecule has 2 N–H and O–H groups in total. The molecule has 0 fully saturated rings. The maximum absolute atomic E-state index is 11.8. The van der Waals surface area contributed by atoms with E-state index in [0.29, 0.717) is 6.61 Å². The summed E-state index contributed by atoms with van der Waals surface area (Å²) in [6.07, 6.45) is 0.925. The normalized spacial score (nSPS) is 11.6. The Hall–Kier alpha value is -2.49. The molecular formula is C19H24N2O2. The smallest absolute Gasteiger partial charge is 0.239 e. The summed E-state index contributed by atoms with van der Waals surface area (Å²) < 4.78 is 5.78.